The third-order valence-electron chi connectivity index (χ3n) is 4.11. The van der Waals surface area contributed by atoms with E-state index in [1.165, 1.54) is 6.92 Å². The molecule has 3 rings (SSSR count). The molecule has 24 heavy (non-hydrogen) atoms. The van der Waals surface area contributed by atoms with Crippen molar-refractivity contribution in [1.82, 2.24) is 25.3 Å². The minimum absolute atomic E-state index is 0.112. The molecule has 0 radical (unpaired) electrons. The van der Waals surface area contributed by atoms with Gasteiger partial charge in [0, 0.05) is 38.8 Å². The summed E-state index contributed by atoms with van der Waals surface area (Å²) in [7, 11) is 1.59. The van der Waals surface area contributed by atoms with Gasteiger partial charge in [0.1, 0.15) is 5.54 Å². The molecule has 1 aliphatic rings. The number of hydrogen-bond acceptors (Lipinski definition) is 7. The molecule has 3 heterocycles. The Morgan fingerprint density at radius 1 is 1.50 bits per heavy atom. The first kappa shape index (κ1) is 16.4. The number of aryl methyl sites for hydroxylation is 1. The molecule has 1 unspecified atom stereocenters. The zero-order valence-electron chi connectivity index (χ0n) is 14.1. The van der Waals surface area contributed by atoms with Crippen LogP contribution in [0.2, 0.25) is 0 Å². The highest BCUT2D eigenvalue weighted by molar-refractivity contribution is 5.74. The number of carbonyl (C=O) groups excluding carboxylic acids is 1. The van der Waals surface area contributed by atoms with E-state index in [4.69, 9.17) is 9.26 Å². The van der Waals surface area contributed by atoms with Gasteiger partial charge in [-0.15, -0.1) is 0 Å². The highest BCUT2D eigenvalue weighted by Crippen LogP contribution is 2.32. The van der Waals surface area contributed by atoms with E-state index in [0.29, 0.717) is 24.1 Å². The third kappa shape index (κ3) is 3.38. The van der Waals surface area contributed by atoms with Crippen LogP contribution in [0.1, 0.15) is 30.6 Å². The topological polar surface area (TPSA) is 93.4 Å². The second-order valence-corrected chi connectivity index (χ2v) is 6.08. The monoisotopic (exact) mass is 331 g/mol. The minimum Gasteiger partial charge on any atom is -0.481 e. The van der Waals surface area contributed by atoms with Crippen LogP contribution in [0.3, 0.4) is 0 Å². The van der Waals surface area contributed by atoms with Gasteiger partial charge in [0.15, 0.2) is 5.82 Å². The summed E-state index contributed by atoms with van der Waals surface area (Å²) in [6.07, 6.45) is 2.52. The summed E-state index contributed by atoms with van der Waals surface area (Å²) in [5, 5.41) is 6.87. The summed E-state index contributed by atoms with van der Waals surface area (Å²) in [5.41, 5.74) is 0.448. The Kier molecular flexibility index (Phi) is 4.48. The molecule has 2 aromatic heterocycles. The normalized spacial score (nSPS) is 21.0. The minimum atomic E-state index is -0.632. The van der Waals surface area contributed by atoms with E-state index in [1.807, 2.05) is 12.1 Å². The molecule has 1 atom stereocenters. The van der Waals surface area contributed by atoms with Gasteiger partial charge in [-0.25, -0.2) is 4.98 Å². The molecule has 1 amide bonds. The Labute approximate surface area is 140 Å². The predicted octanol–water partition coefficient (Wildman–Crippen LogP) is 1.02. The van der Waals surface area contributed by atoms with Crippen LogP contribution in [0, 0.1) is 6.92 Å². The summed E-state index contributed by atoms with van der Waals surface area (Å²) >= 11 is 0. The molecular formula is C16H21N5O3. The average molecular weight is 331 g/mol. The van der Waals surface area contributed by atoms with Gasteiger partial charge < -0.3 is 14.6 Å². The van der Waals surface area contributed by atoms with Crippen LogP contribution in [0.5, 0.6) is 5.88 Å². The number of likely N-dealkylation sites (tertiary alicyclic amines) is 1. The van der Waals surface area contributed by atoms with Crippen molar-refractivity contribution < 1.29 is 14.1 Å². The van der Waals surface area contributed by atoms with Crippen molar-refractivity contribution in [3.8, 4) is 5.88 Å². The summed E-state index contributed by atoms with van der Waals surface area (Å²) in [6.45, 7) is 5.42. The van der Waals surface area contributed by atoms with Crippen LogP contribution in [-0.4, -0.2) is 46.1 Å². The van der Waals surface area contributed by atoms with Crippen molar-refractivity contribution in [2.24, 2.45) is 0 Å². The largest absolute Gasteiger partial charge is 0.481 e. The van der Waals surface area contributed by atoms with Crippen LogP contribution in [0.25, 0.3) is 0 Å². The Morgan fingerprint density at radius 2 is 2.33 bits per heavy atom. The van der Waals surface area contributed by atoms with Crippen LogP contribution >= 0.6 is 0 Å². The molecule has 8 heteroatoms. The molecule has 0 aliphatic carbocycles. The first-order valence-corrected chi connectivity index (χ1v) is 7.81. The van der Waals surface area contributed by atoms with Gasteiger partial charge in [-0.2, -0.15) is 4.98 Å². The SMILES string of the molecule is COc1ccc(CN2CCC(NC(C)=O)(c3nc(C)no3)C2)cn1. The lowest BCUT2D eigenvalue weighted by atomic mass is 9.98. The molecule has 0 spiro atoms. The highest BCUT2D eigenvalue weighted by Gasteiger charge is 2.44. The predicted molar refractivity (Wildman–Crippen MR) is 85.2 cm³/mol. The molecule has 2 aromatic rings. The Bertz CT molecular complexity index is 715. The van der Waals surface area contributed by atoms with Crippen LogP contribution < -0.4 is 10.1 Å². The lowest BCUT2D eigenvalue weighted by Gasteiger charge is -2.26. The van der Waals surface area contributed by atoms with Crippen molar-refractivity contribution >= 4 is 5.91 Å². The van der Waals surface area contributed by atoms with E-state index in [2.05, 4.69) is 25.3 Å². The molecular weight excluding hydrogens is 310 g/mol. The number of carbonyl (C=O) groups is 1. The van der Waals surface area contributed by atoms with E-state index in [-0.39, 0.29) is 5.91 Å². The van der Waals surface area contributed by atoms with Crippen molar-refractivity contribution in [2.75, 3.05) is 20.2 Å². The molecule has 1 aliphatic heterocycles. The second-order valence-electron chi connectivity index (χ2n) is 6.08. The zero-order valence-corrected chi connectivity index (χ0v) is 14.1. The molecule has 1 N–H and O–H groups in total. The number of nitrogens with one attached hydrogen (secondary N) is 1. The molecule has 128 valence electrons. The Hall–Kier alpha value is -2.48. The maximum Gasteiger partial charge on any atom is 0.253 e. The van der Waals surface area contributed by atoms with E-state index in [0.717, 1.165) is 25.1 Å². The summed E-state index contributed by atoms with van der Waals surface area (Å²) in [4.78, 5) is 22.5. The maximum absolute atomic E-state index is 11.7. The lowest BCUT2D eigenvalue weighted by Crippen LogP contribution is -2.47. The Balaban J connectivity index is 1.75. The first-order valence-electron chi connectivity index (χ1n) is 7.81. The molecule has 0 aromatic carbocycles. The van der Waals surface area contributed by atoms with Crippen molar-refractivity contribution in [3.05, 3.63) is 35.6 Å². The number of hydrogen-bond donors (Lipinski definition) is 1. The smallest absolute Gasteiger partial charge is 0.253 e. The van der Waals surface area contributed by atoms with Gasteiger partial charge in [0.2, 0.25) is 11.8 Å². The number of aromatic nitrogens is 3. The zero-order chi connectivity index (χ0) is 17.2. The fourth-order valence-corrected chi connectivity index (χ4v) is 3.07. The molecule has 1 fully saturated rings. The van der Waals surface area contributed by atoms with Gasteiger partial charge >= 0.3 is 0 Å². The molecule has 0 bridgehead atoms. The molecule has 8 nitrogen and oxygen atoms in total. The lowest BCUT2D eigenvalue weighted by molar-refractivity contribution is -0.121. The number of pyridine rings is 1. The van der Waals surface area contributed by atoms with Crippen molar-refractivity contribution in [3.63, 3.8) is 0 Å². The van der Waals surface area contributed by atoms with Gasteiger partial charge in [-0.1, -0.05) is 11.2 Å². The van der Waals surface area contributed by atoms with Crippen molar-refractivity contribution in [1.29, 1.82) is 0 Å². The van der Waals surface area contributed by atoms with Crippen molar-refractivity contribution in [2.45, 2.75) is 32.4 Å². The van der Waals surface area contributed by atoms with Gasteiger partial charge in [-0.3, -0.25) is 9.69 Å². The number of methoxy groups -OCH3 is 1. The number of ether oxygens (including phenoxy) is 1. The fourth-order valence-electron chi connectivity index (χ4n) is 3.07. The fraction of sp³-hybridized carbons (Fsp3) is 0.500. The second kappa shape index (κ2) is 6.56. The maximum atomic E-state index is 11.7. The van der Waals surface area contributed by atoms with Gasteiger partial charge in [0.05, 0.1) is 7.11 Å². The average Bonchev–Trinajstić information content (AvgIpc) is 3.15. The van der Waals surface area contributed by atoms with Crippen LogP contribution in [0.15, 0.2) is 22.9 Å². The third-order valence-corrected chi connectivity index (χ3v) is 4.11. The standard InChI is InChI=1S/C16H21N5O3/c1-11-18-15(24-20-11)16(19-12(2)22)6-7-21(10-16)9-13-4-5-14(23-3)17-8-13/h4-5,8H,6-7,9-10H2,1-3H3,(H,19,22). The summed E-state index contributed by atoms with van der Waals surface area (Å²) in [5.74, 6) is 1.51. The van der Waals surface area contributed by atoms with Gasteiger partial charge in [-0.05, 0) is 18.9 Å². The van der Waals surface area contributed by atoms with Crippen LogP contribution in [-0.2, 0) is 16.9 Å². The van der Waals surface area contributed by atoms with E-state index in [9.17, 15) is 4.79 Å². The van der Waals surface area contributed by atoms with E-state index in [1.54, 1.807) is 20.2 Å². The molecule has 0 saturated carbocycles. The van der Waals surface area contributed by atoms with E-state index < -0.39 is 5.54 Å². The number of nitrogens with zero attached hydrogens (tertiary/aromatic N) is 4. The highest BCUT2D eigenvalue weighted by atomic mass is 16.5. The number of rotatable bonds is 5. The van der Waals surface area contributed by atoms with Crippen LogP contribution in [0.4, 0.5) is 0 Å². The first-order chi connectivity index (χ1) is 11.5. The Morgan fingerprint density at radius 3 is 2.92 bits per heavy atom. The summed E-state index contributed by atoms with van der Waals surface area (Å²) in [6, 6.07) is 3.83. The van der Waals surface area contributed by atoms with Gasteiger partial charge in [0.25, 0.3) is 5.89 Å². The number of amides is 1. The van der Waals surface area contributed by atoms with E-state index >= 15 is 0 Å². The quantitative estimate of drug-likeness (QED) is 0.874. The molecule has 1 saturated heterocycles. The summed E-state index contributed by atoms with van der Waals surface area (Å²) < 4.78 is 10.4.